The quantitative estimate of drug-likeness (QED) is 0.498. The van der Waals surface area contributed by atoms with Gasteiger partial charge < -0.3 is 9.47 Å². The molecule has 1 N–H and O–H groups in total. The van der Waals surface area contributed by atoms with Gasteiger partial charge in [0.25, 0.3) is 10.1 Å². The number of halogens is 3. The van der Waals surface area contributed by atoms with Gasteiger partial charge in [0.2, 0.25) is 0 Å². The van der Waals surface area contributed by atoms with Crippen LogP contribution in [0.1, 0.15) is 61.9 Å². The lowest BCUT2D eigenvalue weighted by Gasteiger charge is -2.41. The number of ether oxygens (including phenoxy) is 2. The first-order valence-corrected chi connectivity index (χ1v) is 11.0. The summed E-state index contributed by atoms with van der Waals surface area (Å²) in [6.07, 6.45) is -0.760. The molecule has 1 fully saturated rings. The Balaban J connectivity index is 2.33. The van der Waals surface area contributed by atoms with E-state index in [1.165, 1.54) is 0 Å². The molecule has 0 aliphatic heterocycles. The first-order valence-electron chi connectivity index (χ1n) is 9.37. The molecule has 10 heteroatoms. The van der Waals surface area contributed by atoms with Crippen LogP contribution in [0.3, 0.4) is 0 Å². The standard InChI is InChI=1S/C19H25F3O6S/c1-13(2)18(8-4-3-5-9-18)28-16-12-14(6-7-15(16)19(20,21)22)17(23)27-10-11-29(24,25)26/h6-7,12-13H,3-5,8-11H2,1-2H3,(H,24,25,26). The van der Waals surface area contributed by atoms with Gasteiger partial charge in [0.1, 0.15) is 23.7 Å². The van der Waals surface area contributed by atoms with Crippen LogP contribution in [0.2, 0.25) is 0 Å². The van der Waals surface area contributed by atoms with Crippen molar-refractivity contribution in [2.45, 2.75) is 57.7 Å². The number of hydrogen-bond donors (Lipinski definition) is 1. The van der Waals surface area contributed by atoms with Gasteiger partial charge in [-0.3, -0.25) is 4.55 Å². The van der Waals surface area contributed by atoms with Crippen molar-refractivity contribution in [1.29, 1.82) is 0 Å². The number of hydrogen-bond acceptors (Lipinski definition) is 5. The van der Waals surface area contributed by atoms with Crippen molar-refractivity contribution >= 4 is 16.1 Å². The maximum atomic E-state index is 13.5. The minimum atomic E-state index is -4.67. The zero-order valence-electron chi connectivity index (χ0n) is 16.3. The third kappa shape index (κ3) is 6.33. The van der Waals surface area contributed by atoms with Gasteiger partial charge in [-0.25, -0.2) is 4.79 Å². The fourth-order valence-corrected chi connectivity index (χ4v) is 3.75. The van der Waals surface area contributed by atoms with Gasteiger partial charge in [0.15, 0.2) is 0 Å². The van der Waals surface area contributed by atoms with Gasteiger partial charge in [-0.1, -0.05) is 20.3 Å². The number of carbonyl (C=O) groups is 1. The monoisotopic (exact) mass is 438 g/mol. The highest BCUT2D eigenvalue weighted by atomic mass is 32.2. The van der Waals surface area contributed by atoms with E-state index in [2.05, 4.69) is 0 Å². The van der Waals surface area contributed by atoms with Crippen molar-refractivity contribution in [2.75, 3.05) is 12.4 Å². The van der Waals surface area contributed by atoms with Crippen LogP contribution < -0.4 is 4.74 Å². The fourth-order valence-electron chi connectivity index (χ4n) is 3.46. The molecule has 0 saturated heterocycles. The van der Waals surface area contributed by atoms with E-state index in [0.717, 1.165) is 37.5 Å². The molecule has 0 bridgehead atoms. The number of alkyl halides is 3. The van der Waals surface area contributed by atoms with Crippen LogP contribution in [0.25, 0.3) is 0 Å². The number of benzene rings is 1. The third-order valence-corrected chi connectivity index (χ3v) is 5.85. The Kier molecular flexibility index (Phi) is 7.21. The summed E-state index contributed by atoms with van der Waals surface area (Å²) >= 11 is 0. The van der Waals surface area contributed by atoms with Crippen molar-refractivity contribution < 1.29 is 40.4 Å². The SMILES string of the molecule is CC(C)C1(Oc2cc(C(=O)OCCS(=O)(=O)O)ccc2C(F)(F)F)CCCCC1. The molecule has 0 amide bonds. The smallest absolute Gasteiger partial charge is 0.419 e. The molecular weight excluding hydrogens is 413 g/mol. The van der Waals surface area contributed by atoms with Crippen molar-refractivity contribution in [2.24, 2.45) is 5.92 Å². The Morgan fingerprint density at radius 3 is 2.34 bits per heavy atom. The van der Waals surface area contributed by atoms with Crippen LogP contribution in [0.15, 0.2) is 18.2 Å². The lowest BCUT2D eigenvalue weighted by atomic mass is 9.77. The van der Waals surface area contributed by atoms with E-state index in [4.69, 9.17) is 14.0 Å². The lowest BCUT2D eigenvalue weighted by molar-refractivity contribution is -0.141. The van der Waals surface area contributed by atoms with E-state index in [1.807, 2.05) is 13.8 Å². The predicted molar refractivity (Wildman–Crippen MR) is 99.4 cm³/mol. The van der Waals surface area contributed by atoms with Crippen molar-refractivity contribution in [3.8, 4) is 5.75 Å². The van der Waals surface area contributed by atoms with Crippen LogP contribution in [0.5, 0.6) is 5.75 Å². The van der Waals surface area contributed by atoms with E-state index < -0.39 is 51.5 Å². The number of carbonyl (C=O) groups excluding carboxylic acids is 1. The Morgan fingerprint density at radius 1 is 1.21 bits per heavy atom. The van der Waals surface area contributed by atoms with E-state index in [0.29, 0.717) is 12.8 Å². The van der Waals surface area contributed by atoms with Crippen LogP contribution >= 0.6 is 0 Å². The Morgan fingerprint density at radius 2 is 1.83 bits per heavy atom. The van der Waals surface area contributed by atoms with Crippen molar-refractivity contribution in [3.63, 3.8) is 0 Å². The molecule has 0 atom stereocenters. The Hall–Kier alpha value is -1.81. The summed E-state index contributed by atoms with van der Waals surface area (Å²) in [7, 11) is -4.32. The predicted octanol–water partition coefficient (Wildman–Crippen LogP) is 4.49. The van der Waals surface area contributed by atoms with Gasteiger partial charge >= 0.3 is 12.1 Å². The molecule has 0 spiro atoms. The first-order chi connectivity index (χ1) is 13.3. The van der Waals surface area contributed by atoms with Crippen LogP contribution in [-0.2, 0) is 21.0 Å². The summed E-state index contributed by atoms with van der Waals surface area (Å²) in [6.45, 7) is 3.17. The fraction of sp³-hybridized carbons (Fsp3) is 0.632. The van der Waals surface area contributed by atoms with Gasteiger partial charge in [-0.15, -0.1) is 0 Å². The third-order valence-electron chi connectivity index (χ3n) is 5.16. The van der Waals surface area contributed by atoms with Crippen molar-refractivity contribution in [1.82, 2.24) is 0 Å². The molecule has 1 aliphatic carbocycles. The molecule has 29 heavy (non-hydrogen) atoms. The van der Waals surface area contributed by atoms with Gasteiger partial charge in [0.05, 0.1) is 11.1 Å². The van der Waals surface area contributed by atoms with Gasteiger partial charge in [-0.05, 0) is 49.8 Å². The van der Waals surface area contributed by atoms with Crippen LogP contribution in [0.4, 0.5) is 13.2 Å². The highest BCUT2D eigenvalue weighted by molar-refractivity contribution is 7.85. The zero-order valence-corrected chi connectivity index (χ0v) is 17.1. The van der Waals surface area contributed by atoms with Gasteiger partial charge in [0, 0.05) is 0 Å². The molecule has 0 aromatic heterocycles. The average molecular weight is 438 g/mol. The minimum absolute atomic E-state index is 0.0331. The summed E-state index contributed by atoms with van der Waals surface area (Å²) in [5.41, 5.74) is -1.94. The highest BCUT2D eigenvalue weighted by Gasteiger charge is 2.41. The Bertz CT molecular complexity index is 827. The van der Waals surface area contributed by atoms with Crippen LogP contribution in [0, 0.1) is 5.92 Å². The second-order valence-electron chi connectivity index (χ2n) is 7.51. The van der Waals surface area contributed by atoms with E-state index in [1.54, 1.807) is 0 Å². The normalized spacial score (nSPS) is 17.2. The topological polar surface area (TPSA) is 89.9 Å². The van der Waals surface area contributed by atoms with E-state index >= 15 is 0 Å². The molecule has 164 valence electrons. The summed E-state index contributed by atoms with van der Waals surface area (Å²) < 4.78 is 81.3. The van der Waals surface area contributed by atoms with Crippen molar-refractivity contribution in [3.05, 3.63) is 29.3 Å². The molecule has 1 saturated carbocycles. The van der Waals surface area contributed by atoms with Crippen LogP contribution in [-0.4, -0.2) is 36.9 Å². The van der Waals surface area contributed by atoms with E-state index in [-0.39, 0.29) is 11.5 Å². The molecule has 0 radical (unpaired) electrons. The molecule has 6 nitrogen and oxygen atoms in total. The number of rotatable bonds is 7. The molecular formula is C19H25F3O6S. The summed E-state index contributed by atoms with van der Waals surface area (Å²) in [5.74, 6) is -2.29. The molecule has 0 unspecified atom stereocenters. The summed E-state index contributed by atoms with van der Waals surface area (Å²) in [6, 6.07) is 2.69. The summed E-state index contributed by atoms with van der Waals surface area (Å²) in [4.78, 5) is 12.1. The maximum Gasteiger partial charge on any atom is 0.419 e. The van der Waals surface area contributed by atoms with Gasteiger partial charge in [-0.2, -0.15) is 21.6 Å². The molecule has 1 aromatic carbocycles. The molecule has 1 aromatic rings. The number of esters is 1. The Labute approximate surface area is 168 Å². The highest BCUT2D eigenvalue weighted by Crippen LogP contribution is 2.43. The maximum absolute atomic E-state index is 13.5. The molecule has 1 aliphatic rings. The summed E-state index contributed by atoms with van der Waals surface area (Å²) in [5, 5.41) is 0. The molecule has 2 rings (SSSR count). The largest absolute Gasteiger partial charge is 0.486 e. The minimum Gasteiger partial charge on any atom is -0.486 e. The first kappa shape index (κ1) is 23.5. The lowest BCUT2D eigenvalue weighted by Crippen LogP contribution is -2.43. The second-order valence-corrected chi connectivity index (χ2v) is 9.08. The van der Waals surface area contributed by atoms with E-state index in [9.17, 15) is 26.4 Å². The zero-order chi connectivity index (χ0) is 21.9. The second kappa shape index (κ2) is 8.91. The molecule has 0 heterocycles. The average Bonchev–Trinajstić information content (AvgIpc) is 2.60.